The lowest BCUT2D eigenvalue weighted by Crippen LogP contribution is -2.43. The molecule has 2 heterocycles. The van der Waals surface area contributed by atoms with Gasteiger partial charge in [0.15, 0.2) is 16.6 Å². The number of rotatable bonds is 6. The summed E-state index contributed by atoms with van der Waals surface area (Å²) in [5, 5.41) is 7.12. The maximum Gasteiger partial charge on any atom is 0.264 e. The average Bonchev–Trinajstić information content (AvgIpc) is 3.09. The van der Waals surface area contributed by atoms with Crippen LogP contribution in [0.25, 0.3) is 5.70 Å². The molecule has 0 amide bonds. The fraction of sp³-hybridized carbons (Fsp3) is 0.250. The highest BCUT2D eigenvalue weighted by Crippen LogP contribution is 2.45. The van der Waals surface area contributed by atoms with Crippen LogP contribution in [0.1, 0.15) is 29.2 Å². The number of sulfonamides is 1. The van der Waals surface area contributed by atoms with Gasteiger partial charge in [0.2, 0.25) is 0 Å². The molecule has 0 saturated heterocycles. The number of benzene rings is 3. The van der Waals surface area contributed by atoms with Gasteiger partial charge in [-0.2, -0.15) is 0 Å². The number of thiocarbonyl (C=S) groups is 1. The average molecular weight is 552 g/mol. The predicted octanol–water partition coefficient (Wildman–Crippen LogP) is 4.55. The molecule has 3 aromatic rings. The van der Waals surface area contributed by atoms with Crippen LogP contribution in [0.3, 0.4) is 0 Å². The Morgan fingerprint density at radius 2 is 1.58 bits per heavy atom. The molecule has 0 bridgehead atoms. The molecular formula is C28H29N3O5S2. The molecule has 1 atom stereocenters. The zero-order chi connectivity index (χ0) is 27.0. The van der Waals surface area contributed by atoms with E-state index in [4.69, 9.17) is 26.4 Å². The third-order valence-corrected chi connectivity index (χ3v) is 8.91. The number of fused-ring (bicyclic) bond motifs is 2. The van der Waals surface area contributed by atoms with Crippen molar-refractivity contribution >= 4 is 38.7 Å². The molecule has 0 saturated carbocycles. The first kappa shape index (κ1) is 25.9. The number of hydrogen-bond donors (Lipinski definition) is 2. The summed E-state index contributed by atoms with van der Waals surface area (Å²) in [6.45, 7) is 2.15. The van der Waals surface area contributed by atoms with Gasteiger partial charge >= 0.3 is 0 Å². The molecule has 0 aromatic heterocycles. The van der Waals surface area contributed by atoms with Gasteiger partial charge in [-0.15, -0.1) is 0 Å². The van der Waals surface area contributed by atoms with E-state index in [0.29, 0.717) is 34.3 Å². The molecule has 8 nitrogen and oxygen atoms in total. The first-order chi connectivity index (χ1) is 18.3. The van der Waals surface area contributed by atoms with Gasteiger partial charge in [-0.25, -0.2) is 8.42 Å². The fourth-order valence-corrected chi connectivity index (χ4v) is 6.58. The highest BCUT2D eigenvalue weighted by molar-refractivity contribution is 7.92. The summed E-state index contributed by atoms with van der Waals surface area (Å²) in [5.74, 6) is 1.67. The van der Waals surface area contributed by atoms with Crippen LogP contribution >= 0.6 is 12.2 Å². The largest absolute Gasteiger partial charge is 0.497 e. The molecule has 2 N–H and O–H groups in total. The van der Waals surface area contributed by atoms with Gasteiger partial charge in [0, 0.05) is 18.2 Å². The van der Waals surface area contributed by atoms with E-state index >= 15 is 0 Å². The lowest BCUT2D eigenvalue weighted by Gasteiger charge is -2.32. The predicted molar refractivity (Wildman–Crippen MR) is 151 cm³/mol. The van der Waals surface area contributed by atoms with Crippen molar-refractivity contribution < 1.29 is 22.6 Å². The standard InChI is InChI=1S/C28H29N3O5S2/c1-17-5-11-20(12-6-17)38(32,33)31-14-13-21-26(18-7-9-19(34-2)10-8-18)29-28(37)30-27(21)22-15-24(35-3)25(36-4)16-23(22)31/h5-12,15-16,26H,13-14H2,1-4H3,(H2,29,30,37). The van der Waals surface area contributed by atoms with Crippen LogP contribution in [0, 0.1) is 6.92 Å². The number of aryl methyl sites for hydroxylation is 1. The maximum absolute atomic E-state index is 14.0. The third kappa shape index (κ3) is 4.54. The van der Waals surface area contributed by atoms with E-state index in [-0.39, 0.29) is 17.5 Å². The van der Waals surface area contributed by atoms with Crippen molar-refractivity contribution in [3.63, 3.8) is 0 Å². The number of nitrogens with one attached hydrogen (secondary N) is 2. The molecule has 2 aliphatic rings. The highest BCUT2D eigenvalue weighted by atomic mass is 32.2. The second-order valence-corrected chi connectivity index (χ2v) is 11.3. The monoisotopic (exact) mass is 551 g/mol. The topological polar surface area (TPSA) is 89.1 Å². The molecule has 0 radical (unpaired) electrons. The molecule has 1 unspecified atom stereocenters. The van der Waals surface area contributed by atoms with E-state index in [1.54, 1.807) is 50.6 Å². The second-order valence-electron chi connectivity index (χ2n) is 9.07. The van der Waals surface area contributed by atoms with Crippen molar-refractivity contribution in [3.05, 3.63) is 82.9 Å². The Labute approximate surface area is 228 Å². The van der Waals surface area contributed by atoms with Crippen molar-refractivity contribution in [1.82, 2.24) is 10.6 Å². The molecule has 198 valence electrons. The van der Waals surface area contributed by atoms with Crippen molar-refractivity contribution in [2.75, 3.05) is 32.2 Å². The van der Waals surface area contributed by atoms with Crippen LogP contribution in [0.2, 0.25) is 0 Å². The summed E-state index contributed by atoms with van der Waals surface area (Å²) < 4.78 is 46.0. The molecule has 0 fully saturated rings. The Hall–Kier alpha value is -3.76. The first-order valence-corrected chi connectivity index (χ1v) is 13.9. The fourth-order valence-electron chi connectivity index (χ4n) is 4.89. The Bertz CT molecular complexity index is 1520. The lowest BCUT2D eigenvalue weighted by molar-refractivity contribution is 0.355. The van der Waals surface area contributed by atoms with E-state index in [2.05, 4.69) is 10.6 Å². The minimum absolute atomic E-state index is 0.219. The van der Waals surface area contributed by atoms with Crippen LogP contribution in [0.5, 0.6) is 17.2 Å². The smallest absolute Gasteiger partial charge is 0.264 e. The van der Waals surface area contributed by atoms with Crippen LogP contribution < -0.4 is 29.1 Å². The Kier molecular flexibility index (Phi) is 6.93. The van der Waals surface area contributed by atoms with E-state index in [9.17, 15) is 8.42 Å². The van der Waals surface area contributed by atoms with Gasteiger partial charge in [0.05, 0.1) is 43.7 Å². The minimum Gasteiger partial charge on any atom is -0.497 e. The molecule has 10 heteroatoms. The summed E-state index contributed by atoms with van der Waals surface area (Å²) in [6, 6.07) is 17.9. The molecule has 5 rings (SSSR count). The van der Waals surface area contributed by atoms with Gasteiger partial charge in [-0.3, -0.25) is 4.31 Å². The SMILES string of the molecule is COc1ccc(C2NC(=S)NC3=C2CCN(S(=O)(=O)c2ccc(C)cc2)c2cc(OC)c(OC)cc23)cc1. The van der Waals surface area contributed by atoms with Crippen molar-refractivity contribution in [2.24, 2.45) is 0 Å². The zero-order valence-corrected chi connectivity index (χ0v) is 23.2. The summed E-state index contributed by atoms with van der Waals surface area (Å²) in [4.78, 5) is 0.219. The maximum atomic E-state index is 14.0. The second kappa shape index (κ2) is 10.2. The third-order valence-electron chi connectivity index (χ3n) is 6.87. The molecule has 2 aliphatic heterocycles. The quantitative estimate of drug-likeness (QED) is 0.432. The Morgan fingerprint density at radius 1 is 0.921 bits per heavy atom. The first-order valence-electron chi connectivity index (χ1n) is 12.1. The van der Waals surface area contributed by atoms with E-state index in [0.717, 1.165) is 28.1 Å². The summed E-state index contributed by atoms with van der Waals surface area (Å²) in [7, 11) is 0.814. The number of methoxy groups -OCH3 is 3. The molecule has 0 spiro atoms. The number of anilines is 1. The van der Waals surface area contributed by atoms with E-state index < -0.39 is 10.0 Å². The minimum atomic E-state index is -3.89. The van der Waals surface area contributed by atoms with Gasteiger partial charge in [-0.05, 0) is 67.0 Å². The molecular weight excluding hydrogens is 522 g/mol. The van der Waals surface area contributed by atoms with Crippen molar-refractivity contribution in [1.29, 1.82) is 0 Å². The number of ether oxygens (including phenoxy) is 3. The zero-order valence-electron chi connectivity index (χ0n) is 21.6. The molecule has 0 aliphatic carbocycles. The van der Waals surface area contributed by atoms with E-state index in [1.165, 1.54) is 11.4 Å². The van der Waals surface area contributed by atoms with Crippen LogP contribution in [-0.2, 0) is 10.0 Å². The molecule has 38 heavy (non-hydrogen) atoms. The van der Waals surface area contributed by atoms with Crippen LogP contribution in [0.15, 0.2) is 71.1 Å². The normalized spacial score (nSPS) is 17.0. The van der Waals surface area contributed by atoms with E-state index in [1.807, 2.05) is 31.2 Å². The van der Waals surface area contributed by atoms with Crippen molar-refractivity contribution in [3.8, 4) is 17.2 Å². The highest BCUT2D eigenvalue weighted by Gasteiger charge is 2.36. The van der Waals surface area contributed by atoms with Crippen LogP contribution in [-0.4, -0.2) is 41.4 Å². The molecule has 3 aromatic carbocycles. The summed E-state index contributed by atoms with van der Waals surface area (Å²) >= 11 is 5.61. The summed E-state index contributed by atoms with van der Waals surface area (Å²) in [5.41, 5.74) is 4.85. The van der Waals surface area contributed by atoms with Gasteiger partial charge < -0.3 is 24.8 Å². The Morgan fingerprint density at radius 3 is 2.21 bits per heavy atom. The van der Waals surface area contributed by atoms with Gasteiger partial charge in [0.1, 0.15) is 5.75 Å². The summed E-state index contributed by atoms with van der Waals surface area (Å²) in [6.07, 6.45) is 0.457. The number of nitrogens with zero attached hydrogens (tertiary/aromatic N) is 1. The Balaban J connectivity index is 1.70. The van der Waals surface area contributed by atoms with Crippen LogP contribution in [0.4, 0.5) is 5.69 Å². The lowest BCUT2D eigenvalue weighted by atomic mass is 9.91. The number of hydrogen-bond acceptors (Lipinski definition) is 6. The van der Waals surface area contributed by atoms with Crippen molar-refractivity contribution in [2.45, 2.75) is 24.3 Å². The van der Waals surface area contributed by atoms with Gasteiger partial charge in [0.25, 0.3) is 10.0 Å². The van der Waals surface area contributed by atoms with Gasteiger partial charge in [-0.1, -0.05) is 29.8 Å².